The first-order valence-corrected chi connectivity index (χ1v) is 11.5. The molecule has 3 aromatic heterocycles. The lowest BCUT2D eigenvalue weighted by molar-refractivity contribution is -0.141. The van der Waals surface area contributed by atoms with Gasteiger partial charge in [-0.1, -0.05) is 0 Å². The van der Waals surface area contributed by atoms with E-state index in [0.29, 0.717) is 31.4 Å². The molecule has 0 aromatic carbocycles. The van der Waals surface area contributed by atoms with Crippen LogP contribution in [0.5, 0.6) is 0 Å². The highest BCUT2D eigenvalue weighted by molar-refractivity contribution is 7.89. The molecule has 0 spiro atoms. The van der Waals surface area contributed by atoms with Crippen LogP contribution in [0.3, 0.4) is 0 Å². The first kappa shape index (κ1) is 21.6. The highest BCUT2D eigenvalue weighted by Gasteiger charge is 2.62. The molecule has 172 valence electrons. The lowest BCUT2D eigenvalue weighted by Crippen LogP contribution is -2.55. The minimum Gasteiger partial charge on any atom is -0.381 e. The summed E-state index contributed by atoms with van der Waals surface area (Å²) in [5.74, 6) is -0.404. The molecule has 0 aliphatic heterocycles. The van der Waals surface area contributed by atoms with Crippen molar-refractivity contribution in [2.24, 2.45) is 5.41 Å². The number of nitrogens with zero attached hydrogens (tertiary/aromatic N) is 5. The second-order valence-corrected chi connectivity index (χ2v) is 10.5. The van der Waals surface area contributed by atoms with E-state index in [1.165, 1.54) is 18.5 Å². The van der Waals surface area contributed by atoms with Gasteiger partial charge in [-0.15, -0.1) is 0 Å². The highest BCUT2D eigenvalue weighted by Crippen LogP contribution is 2.61. The summed E-state index contributed by atoms with van der Waals surface area (Å²) in [6.45, 7) is 1.61. The van der Waals surface area contributed by atoms with Gasteiger partial charge in [0.15, 0.2) is 17.2 Å². The molecule has 2 bridgehead atoms. The number of alkyl halides is 3. The van der Waals surface area contributed by atoms with E-state index < -0.39 is 38.7 Å². The smallest absolute Gasteiger partial charge is 0.381 e. The summed E-state index contributed by atoms with van der Waals surface area (Å²) in [7, 11) is -3.99. The number of aromatic nitrogens is 4. The molecule has 3 fully saturated rings. The maximum Gasteiger partial charge on any atom is 0.434 e. The van der Waals surface area contributed by atoms with Crippen molar-refractivity contribution in [3.63, 3.8) is 0 Å². The van der Waals surface area contributed by atoms with Crippen molar-refractivity contribution < 1.29 is 21.6 Å². The fourth-order valence-corrected chi connectivity index (χ4v) is 6.34. The van der Waals surface area contributed by atoms with Gasteiger partial charge in [0.05, 0.1) is 23.4 Å². The van der Waals surface area contributed by atoms with Crippen LogP contribution in [0.2, 0.25) is 0 Å². The highest BCUT2D eigenvalue weighted by atomic mass is 32.2. The second kappa shape index (κ2) is 6.64. The lowest BCUT2D eigenvalue weighted by Gasteiger charge is -2.43. The van der Waals surface area contributed by atoms with Crippen molar-refractivity contribution >= 4 is 21.5 Å². The van der Waals surface area contributed by atoms with Crippen molar-refractivity contribution in [3.05, 3.63) is 36.0 Å². The normalized spacial score (nSPS) is 24.6. The summed E-state index contributed by atoms with van der Waals surface area (Å²) in [6.07, 6.45) is 0.666. The monoisotopic (exact) mass is 477 g/mol. The summed E-state index contributed by atoms with van der Waals surface area (Å²) < 4.78 is 69.8. The Balaban J connectivity index is 1.56. The zero-order valence-electron chi connectivity index (χ0n) is 17.3. The number of hydrogen-bond acceptors (Lipinski definition) is 7. The van der Waals surface area contributed by atoms with Gasteiger partial charge in [-0.25, -0.2) is 23.1 Å². The van der Waals surface area contributed by atoms with Gasteiger partial charge in [0.2, 0.25) is 10.0 Å². The van der Waals surface area contributed by atoms with E-state index in [1.54, 1.807) is 6.92 Å². The molecular weight excluding hydrogens is 459 g/mol. The van der Waals surface area contributed by atoms with Crippen LogP contribution in [0.25, 0.3) is 16.9 Å². The summed E-state index contributed by atoms with van der Waals surface area (Å²) in [5, 5.41) is 9.31. The molecule has 0 amide bonds. The largest absolute Gasteiger partial charge is 0.434 e. The number of nitrogens with one attached hydrogen (secondary N) is 1. The molecule has 0 radical (unpaired) electrons. The number of nitrogen functional groups attached to an aromatic ring is 1. The van der Waals surface area contributed by atoms with E-state index in [2.05, 4.69) is 25.7 Å². The zero-order valence-corrected chi connectivity index (χ0v) is 18.1. The molecule has 3 aliphatic carbocycles. The average molecular weight is 477 g/mol. The quantitative estimate of drug-likeness (QED) is 0.589. The molecule has 9 nitrogen and oxygen atoms in total. The van der Waals surface area contributed by atoms with Gasteiger partial charge >= 0.3 is 6.18 Å². The number of nitrogens with two attached hydrogens (primary N) is 1. The van der Waals surface area contributed by atoms with Crippen molar-refractivity contribution in [1.29, 1.82) is 5.26 Å². The van der Waals surface area contributed by atoms with Crippen LogP contribution in [0, 0.1) is 23.7 Å². The van der Waals surface area contributed by atoms with Crippen molar-refractivity contribution in [1.82, 2.24) is 24.1 Å². The molecule has 0 saturated heterocycles. The van der Waals surface area contributed by atoms with Crippen LogP contribution in [0.15, 0.2) is 29.6 Å². The molecule has 6 rings (SSSR count). The minimum absolute atomic E-state index is 0.0101. The van der Waals surface area contributed by atoms with Gasteiger partial charge < -0.3 is 5.73 Å². The third-order valence-corrected chi connectivity index (χ3v) is 8.03. The summed E-state index contributed by atoms with van der Waals surface area (Å²) in [5.41, 5.74) is 4.25. The number of pyridine rings is 1. The Hall–Kier alpha value is -3.24. The third-order valence-electron chi connectivity index (χ3n) is 6.48. The van der Waals surface area contributed by atoms with Crippen LogP contribution in [-0.2, 0) is 16.2 Å². The number of rotatable bonds is 4. The van der Waals surface area contributed by atoms with Gasteiger partial charge in [0.25, 0.3) is 0 Å². The number of nitriles is 1. The maximum atomic E-state index is 13.3. The minimum atomic E-state index is -4.73. The van der Waals surface area contributed by atoms with Crippen LogP contribution >= 0.6 is 0 Å². The predicted octanol–water partition coefficient (Wildman–Crippen LogP) is 2.82. The number of imidazole rings is 1. The molecule has 33 heavy (non-hydrogen) atoms. The Morgan fingerprint density at radius 1 is 1.24 bits per heavy atom. The number of hydrogen-bond donors (Lipinski definition) is 2. The van der Waals surface area contributed by atoms with E-state index in [1.807, 2.05) is 0 Å². The Labute approximate surface area is 186 Å². The van der Waals surface area contributed by atoms with E-state index in [-0.39, 0.29) is 21.8 Å². The standard InChI is InChI=1S/C20H18F3N7O2S/c1-11-13(14-6-27-17-16(25)28-15(7-30(14)17)20(21,22)23)4-12(5-26-11)33(31,32)29-19-3-2-18(8-19,9-19)10-24/h4-7,29H,2-3,8-9H2,1H3,(H2,25,28). The van der Waals surface area contributed by atoms with Crippen LogP contribution < -0.4 is 10.5 Å². The second-order valence-electron chi connectivity index (χ2n) is 8.78. The van der Waals surface area contributed by atoms with Crippen LogP contribution in [-0.4, -0.2) is 33.3 Å². The fourth-order valence-electron chi connectivity index (χ4n) is 4.95. The van der Waals surface area contributed by atoms with E-state index in [4.69, 9.17) is 5.73 Å². The fraction of sp³-hybridized carbons (Fsp3) is 0.400. The van der Waals surface area contributed by atoms with Crippen molar-refractivity contribution in [2.45, 2.75) is 49.2 Å². The van der Waals surface area contributed by atoms with Crippen molar-refractivity contribution in [3.8, 4) is 17.3 Å². The molecule has 0 unspecified atom stereocenters. The zero-order chi connectivity index (χ0) is 23.8. The SMILES string of the molecule is Cc1ncc(S(=O)(=O)NC23CCC(C#N)(C2)C3)cc1-c1cnc2c(N)nc(C(F)(F)F)cn12. The van der Waals surface area contributed by atoms with Gasteiger partial charge in [0.1, 0.15) is 4.90 Å². The summed E-state index contributed by atoms with van der Waals surface area (Å²) >= 11 is 0. The lowest BCUT2D eigenvalue weighted by atomic mass is 9.66. The first-order chi connectivity index (χ1) is 15.4. The van der Waals surface area contributed by atoms with Gasteiger partial charge in [-0.05, 0) is 38.7 Å². The van der Waals surface area contributed by atoms with E-state index in [9.17, 15) is 26.9 Å². The Morgan fingerprint density at radius 2 is 1.97 bits per heavy atom. The molecule has 3 aromatic rings. The van der Waals surface area contributed by atoms with Gasteiger partial charge in [-0.3, -0.25) is 9.38 Å². The summed E-state index contributed by atoms with van der Waals surface area (Å²) in [6, 6.07) is 3.62. The van der Waals surface area contributed by atoms with Crippen LogP contribution in [0.4, 0.5) is 19.0 Å². The Kier molecular flexibility index (Phi) is 4.35. The van der Waals surface area contributed by atoms with E-state index >= 15 is 0 Å². The topological polar surface area (TPSA) is 139 Å². The maximum absolute atomic E-state index is 13.3. The molecule has 3 saturated carbocycles. The number of fused-ring (bicyclic) bond motifs is 2. The van der Waals surface area contributed by atoms with E-state index in [0.717, 1.165) is 10.6 Å². The number of sulfonamides is 1. The summed E-state index contributed by atoms with van der Waals surface area (Å²) in [4.78, 5) is 11.4. The van der Waals surface area contributed by atoms with Gasteiger partial charge in [0, 0.05) is 29.2 Å². The van der Waals surface area contributed by atoms with Gasteiger partial charge in [-0.2, -0.15) is 18.4 Å². The molecule has 0 atom stereocenters. The molecule has 3 N–H and O–H groups in total. The number of anilines is 1. The van der Waals surface area contributed by atoms with Crippen molar-refractivity contribution in [2.75, 3.05) is 5.73 Å². The van der Waals surface area contributed by atoms with Crippen LogP contribution in [0.1, 0.15) is 37.1 Å². The molecule has 3 heterocycles. The molecule has 3 aliphatic rings. The molecule has 13 heteroatoms. The number of halogens is 3. The predicted molar refractivity (Wildman–Crippen MR) is 110 cm³/mol. The average Bonchev–Trinajstić information content (AvgIpc) is 3.38. The molecular formula is C20H18F3N7O2S. The third kappa shape index (κ3) is 3.32. The first-order valence-electron chi connectivity index (χ1n) is 10.0. The Bertz CT molecular complexity index is 1450. The Morgan fingerprint density at radius 3 is 2.61 bits per heavy atom. The number of aryl methyl sites for hydroxylation is 1.